The van der Waals surface area contributed by atoms with Gasteiger partial charge in [-0.1, -0.05) is 30.3 Å². The number of likely N-dealkylation sites (tertiary alicyclic amines) is 1. The van der Waals surface area contributed by atoms with E-state index in [-0.39, 0.29) is 11.7 Å². The van der Waals surface area contributed by atoms with Crippen LogP contribution in [0.4, 0.5) is 0 Å². The lowest BCUT2D eigenvalue weighted by Gasteiger charge is -2.31. The molecule has 4 nitrogen and oxygen atoms in total. The Bertz CT molecular complexity index is 727. The number of carbonyl (C=O) groups is 1. The fraction of sp³-hybridized carbons (Fsp3) is 0.333. The van der Waals surface area contributed by atoms with Gasteiger partial charge in [0.25, 0.3) is 0 Å². The molecule has 1 fully saturated rings. The lowest BCUT2D eigenvalue weighted by atomic mass is 9.89. The minimum Gasteiger partial charge on any atom is -0.492 e. The first-order valence-electron chi connectivity index (χ1n) is 8.71. The Labute approximate surface area is 148 Å². The van der Waals surface area contributed by atoms with Crippen LogP contribution >= 0.6 is 0 Å². The molecule has 0 bridgehead atoms. The highest BCUT2D eigenvalue weighted by atomic mass is 16.5. The Morgan fingerprint density at radius 2 is 1.76 bits per heavy atom. The Balaban J connectivity index is 1.40. The zero-order chi connectivity index (χ0) is 17.5. The van der Waals surface area contributed by atoms with Crippen molar-refractivity contribution in [2.75, 3.05) is 26.2 Å². The first kappa shape index (κ1) is 17.2. The second kappa shape index (κ2) is 8.46. The fourth-order valence-electron chi connectivity index (χ4n) is 3.18. The molecule has 4 heteroatoms. The quantitative estimate of drug-likeness (QED) is 0.758. The van der Waals surface area contributed by atoms with E-state index in [1.165, 1.54) is 0 Å². The van der Waals surface area contributed by atoms with E-state index in [1.807, 2.05) is 42.5 Å². The molecule has 0 aromatic heterocycles. The maximum Gasteiger partial charge on any atom is 0.166 e. The number of nitriles is 1. The lowest BCUT2D eigenvalue weighted by molar-refractivity contribution is 0.0827. The van der Waals surface area contributed by atoms with E-state index in [0.29, 0.717) is 12.2 Å². The molecule has 0 saturated carbocycles. The minimum absolute atomic E-state index is 0.137. The van der Waals surface area contributed by atoms with Gasteiger partial charge in [0.2, 0.25) is 0 Å². The number of benzene rings is 2. The molecule has 0 amide bonds. The van der Waals surface area contributed by atoms with Crippen LogP contribution in [0.25, 0.3) is 0 Å². The summed E-state index contributed by atoms with van der Waals surface area (Å²) in [7, 11) is 0. The standard InChI is InChI=1S/C21H22N2O2/c22-16-17-6-8-20(9-7-17)25-15-14-23-12-10-19(11-13-23)21(24)18-4-2-1-3-5-18/h1-9,19H,10-15H2. The highest BCUT2D eigenvalue weighted by Gasteiger charge is 2.25. The predicted octanol–water partition coefficient (Wildman–Crippen LogP) is 3.53. The van der Waals surface area contributed by atoms with Gasteiger partial charge in [-0.25, -0.2) is 0 Å². The van der Waals surface area contributed by atoms with Crippen LogP contribution < -0.4 is 4.74 Å². The number of ether oxygens (including phenoxy) is 1. The first-order chi connectivity index (χ1) is 12.3. The van der Waals surface area contributed by atoms with E-state index < -0.39 is 0 Å². The molecule has 1 aliphatic rings. The Kier molecular flexibility index (Phi) is 5.81. The summed E-state index contributed by atoms with van der Waals surface area (Å²) in [4.78, 5) is 14.8. The van der Waals surface area contributed by atoms with Crippen LogP contribution in [-0.4, -0.2) is 36.9 Å². The molecule has 0 spiro atoms. The Morgan fingerprint density at radius 1 is 1.08 bits per heavy atom. The van der Waals surface area contributed by atoms with Crippen LogP contribution in [0, 0.1) is 17.2 Å². The molecule has 0 aliphatic carbocycles. The number of nitrogens with zero attached hydrogens (tertiary/aromatic N) is 2. The maximum absolute atomic E-state index is 12.5. The first-order valence-corrected chi connectivity index (χ1v) is 8.71. The van der Waals surface area contributed by atoms with Crippen molar-refractivity contribution in [2.45, 2.75) is 12.8 Å². The Hall–Kier alpha value is -2.64. The van der Waals surface area contributed by atoms with Crippen LogP contribution in [0.3, 0.4) is 0 Å². The molecule has 0 unspecified atom stereocenters. The van der Waals surface area contributed by atoms with Crippen molar-refractivity contribution >= 4 is 5.78 Å². The summed E-state index contributed by atoms with van der Waals surface area (Å²) < 4.78 is 5.73. The van der Waals surface area contributed by atoms with Gasteiger partial charge in [-0.15, -0.1) is 0 Å². The topological polar surface area (TPSA) is 53.3 Å². The molecule has 2 aromatic carbocycles. The zero-order valence-electron chi connectivity index (χ0n) is 14.2. The van der Waals surface area contributed by atoms with Gasteiger partial charge in [0.05, 0.1) is 11.6 Å². The minimum atomic E-state index is 0.137. The van der Waals surface area contributed by atoms with E-state index in [1.54, 1.807) is 12.1 Å². The second-order valence-corrected chi connectivity index (χ2v) is 6.33. The van der Waals surface area contributed by atoms with Crippen molar-refractivity contribution in [2.24, 2.45) is 5.92 Å². The number of Topliss-reactive ketones (excluding diaryl/α,β-unsaturated/α-hetero) is 1. The third-order valence-corrected chi connectivity index (χ3v) is 4.68. The molecule has 1 heterocycles. The SMILES string of the molecule is N#Cc1ccc(OCCN2CCC(C(=O)c3ccccc3)CC2)cc1. The molecule has 1 saturated heterocycles. The molecule has 3 rings (SSSR count). The summed E-state index contributed by atoms with van der Waals surface area (Å²) in [6, 6.07) is 18.8. The number of hydrogen-bond donors (Lipinski definition) is 0. The molecule has 0 N–H and O–H groups in total. The molecule has 0 atom stereocenters. The van der Waals surface area contributed by atoms with Gasteiger partial charge in [0, 0.05) is 18.0 Å². The third kappa shape index (κ3) is 4.68. The van der Waals surface area contributed by atoms with Crippen LogP contribution in [-0.2, 0) is 0 Å². The number of hydrogen-bond acceptors (Lipinski definition) is 4. The third-order valence-electron chi connectivity index (χ3n) is 4.68. The maximum atomic E-state index is 12.5. The number of carbonyl (C=O) groups excluding carboxylic acids is 1. The van der Waals surface area contributed by atoms with Crippen molar-refractivity contribution in [3.05, 3.63) is 65.7 Å². The summed E-state index contributed by atoms with van der Waals surface area (Å²) in [6.07, 6.45) is 1.81. The van der Waals surface area contributed by atoms with Gasteiger partial charge >= 0.3 is 0 Å². The van der Waals surface area contributed by atoms with Gasteiger partial charge in [0.1, 0.15) is 12.4 Å². The van der Waals surface area contributed by atoms with E-state index in [9.17, 15) is 4.79 Å². The van der Waals surface area contributed by atoms with Crippen LogP contribution in [0.2, 0.25) is 0 Å². The molecule has 2 aromatic rings. The van der Waals surface area contributed by atoms with E-state index >= 15 is 0 Å². The summed E-state index contributed by atoms with van der Waals surface area (Å²) in [5.74, 6) is 1.19. The Morgan fingerprint density at radius 3 is 2.40 bits per heavy atom. The normalized spacial score (nSPS) is 15.5. The van der Waals surface area contributed by atoms with Gasteiger partial charge < -0.3 is 4.74 Å². The molecular formula is C21H22N2O2. The lowest BCUT2D eigenvalue weighted by Crippen LogP contribution is -2.38. The van der Waals surface area contributed by atoms with Crippen LogP contribution in [0.5, 0.6) is 5.75 Å². The van der Waals surface area contributed by atoms with Gasteiger partial charge in [-0.3, -0.25) is 9.69 Å². The van der Waals surface area contributed by atoms with Crippen LogP contribution in [0.1, 0.15) is 28.8 Å². The molecule has 1 aliphatic heterocycles. The second-order valence-electron chi connectivity index (χ2n) is 6.33. The molecule has 0 radical (unpaired) electrons. The van der Waals surface area contributed by atoms with Gasteiger partial charge in [0.15, 0.2) is 5.78 Å². The number of rotatable bonds is 6. The van der Waals surface area contributed by atoms with Gasteiger partial charge in [-0.05, 0) is 50.2 Å². The van der Waals surface area contributed by atoms with E-state index in [2.05, 4.69) is 11.0 Å². The van der Waals surface area contributed by atoms with Crippen molar-refractivity contribution in [3.8, 4) is 11.8 Å². The van der Waals surface area contributed by atoms with E-state index in [0.717, 1.165) is 43.8 Å². The highest BCUT2D eigenvalue weighted by molar-refractivity contribution is 5.97. The van der Waals surface area contributed by atoms with E-state index in [4.69, 9.17) is 10.00 Å². The average molecular weight is 334 g/mol. The van der Waals surface area contributed by atoms with Crippen LogP contribution in [0.15, 0.2) is 54.6 Å². The largest absolute Gasteiger partial charge is 0.492 e. The molecule has 25 heavy (non-hydrogen) atoms. The summed E-state index contributed by atoms with van der Waals surface area (Å²) in [5.41, 5.74) is 1.46. The monoisotopic (exact) mass is 334 g/mol. The van der Waals surface area contributed by atoms with Crippen molar-refractivity contribution in [3.63, 3.8) is 0 Å². The van der Waals surface area contributed by atoms with Gasteiger partial charge in [-0.2, -0.15) is 5.26 Å². The zero-order valence-corrected chi connectivity index (χ0v) is 14.2. The smallest absolute Gasteiger partial charge is 0.166 e. The molecule has 128 valence electrons. The summed E-state index contributed by atoms with van der Waals surface area (Å²) in [6.45, 7) is 3.33. The molecular weight excluding hydrogens is 312 g/mol. The summed E-state index contributed by atoms with van der Waals surface area (Å²) >= 11 is 0. The van der Waals surface area contributed by atoms with Crippen molar-refractivity contribution < 1.29 is 9.53 Å². The average Bonchev–Trinajstić information content (AvgIpc) is 2.69. The van der Waals surface area contributed by atoms with Crippen molar-refractivity contribution in [1.82, 2.24) is 4.90 Å². The fourth-order valence-corrected chi connectivity index (χ4v) is 3.18. The number of ketones is 1. The van der Waals surface area contributed by atoms with Crippen molar-refractivity contribution in [1.29, 1.82) is 5.26 Å². The highest BCUT2D eigenvalue weighted by Crippen LogP contribution is 2.21. The summed E-state index contributed by atoms with van der Waals surface area (Å²) in [5, 5.41) is 8.79. The predicted molar refractivity (Wildman–Crippen MR) is 96.6 cm³/mol. The number of piperidine rings is 1.